The van der Waals surface area contributed by atoms with Gasteiger partial charge in [0, 0.05) is 35.4 Å². The maximum absolute atomic E-state index is 12.7. The summed E-state index contributed by atoms with van der Waals surface area (Å²) < 4.78 is 5.62. The molecule has 0 atom stereocenters. The van der Waals surface area contributed by atoms with Crippen molar-refractivity contribution in [1.82, 2.24) is 9.88 Å². The molecule has 3 rings (SSSR count). The van der Waals surface area contributed by atoms with E-state index in [0.29, 0.717) is 23.9 Å². The Kier molecular flexibility index (Phi) is 6.63. The predicted octanol–water partition coefficient (Wildman–Crippen LogP) is 4.45. The molecule has 0 aliphatic rings. The number of pyridine rings is 1. The molecule has 0 radical (unpaired) electrons. The van der Waals surface area contributed by atoms with E-state index in [1.165, 1.54) is 4.88 Å². The molecule has 26 heavy (non-hydrogen) atoms. The second-order valence-corrected chi connectivity index (χ2v) is 7.22. The number of ether oxygens (including phenoxy) is 1. The van der Waals surface area contributed by atoms with Crippen LogP contribution in [0, 0.1) is 0 Å². The molecule has 0 aliphatic heterocycles. The van der Waals surface area contributed by atoms with Crippen molar-refractivity contribution in [1.29, 1.82) is 0 Å². The van der Waals surface area contributed by atoms with Crippen molar-refractivity contribution >= 4 is 28.8 Å². The Morgan fingerprint density at radius 1 is 1.15 bits per heavy atom. The lowest BCUT2D eigenvalue weighted by atomic mass is 10.2. The summed E-state index contributed by atoms with van der Waals surface area (Å²) in [7, 11) is 0. The highest BCUT2D eigenvalue weighted by Crippen LogP contribution is 2.16. The van der Waals surface area contributed by atoms with E-state index < -0.39 is 0 Å². The first kappa shape index (κ1) is 18.4. The standard InChI is InChI=1S/C20H19ClN2O2S/c21-17-5-7-18(8-6-17)25-15-20(24)23(11-9-19-4-2-12-26-19)14-16-3-1-10-22-13-16/h1-8,10,12-13H,9,11,14-15H2. The minimum atomic E-state index is -0.0552. The highest BCUT2D eigenvalue weighted by molar-refractivity contribution is 7.09. The van der Waals surface area contributed by atoms with E-state index in [2.05, 4.69) is 11.1 Å². The van der Waals surface area contributed by atoms with Crippen molar-refractivity contribution in [2.24, 2.45) is 0 Å². The smallest absolute Gasteiger partial charge is 0.260 e. The molecule has 0 saturated heterocycles. The topological polar surface area (TPSA) is 42.4 Å². The molecule has 0 unspecified atom stereocenters. The molecule has 2 heterocycles. The molecule has 0 N–H and O–H groups in total. The number of amides is 1. The summed E-state index contributed by atoms with van der Waals surface area (Å²) in [5, 5.41) is 2.68. The van der Waals surface area contributed by atoms with Gasteiger partial charge in [0.2, 0.25) is 0 Å². The van der Waals surface area contributed by atoms with Crippen LogP contribution in [-0.2, 0) is 17.8 Å². The molecule has 1 aromatic carbocycles. The third-order valence-electron chi connectivity index (χ3n) is 3.83. The van der Waals surface area contributed by atoms with Crippen LogP contribution in [0.2, 0.25) is 5.02 Å². The third kappa shape index (κ3) is 5.58. The summed E-state index contributed by atoms with van der Waals surface area (Å²) in [6.45, 7) is 1.15. The third-order valence-corrected chi connectivity index (χ3v) is 5.02. The molecule has 0 saturated carbocycles. The molecule has 6 heteroatoms. The number of rotatable bonds is 8. The number of hydrogen-bond donors (Lipinski definition) is 0. The van der Waals surface area contributed by atoms with E-state index >= 15 is 0 Å². The summed E-state index contributed by atoms with van der Waals surface area (Å²) in [6.07, 6.45) is 4.33. The Bertz CT molecular complexity index is 808. The van der Waals surface area contributed by atoms with Crippen LogP contribution in [0.25, 0.3) is 0 Å². The first-order valence-corrected chi connectivity index (χ1v) is 9.54. The summed E-state index contributed by atoms with van der Waals surface area (Å²) in [4.78, 5) is 19.9. The average molecular weight is 387 g/mol. The quantitative estimate of drug-likeness (QED) is 0.574. The molecular weight excluding hydrogens is 368 g/mol. The molecule has 0 spiro atoms. The fourth-order valence-electron chi connectivity index (χ4n) is 2.47. The maximum atomic E-state index is 12.7. The molecule has 134 valence electrons. The van der Waals surface area contributed by atoms with Gasteiger partial charge in [-0.15, -0.1) is 11.3 Å². The van der Waals surface area contributed by atoms with Gasteiger partial charge in [-0.1, -0.05) is 23.7 Å². The largest absolute Gasteiger partial charge is 0.484 e. The molecular formula is C20H19ClN2O2S. The number of nitrogens with zero attached hydrogens (tertiary/aromatic N) is 2. The minimum absolute atomic E-state index is 0.00760. The first-order chi connectivity index (χ1) is 12.7. The van der Waals surface area contributed by atoms with E-state index in [-0.39, 0.29) is 12.5 Å². The summed E-state index contributed by atoms with van der Waals surface area (Å²) in [5.41, 5.74) is 0.999. The van der Waals surface area contributed by atoms with E-state index in [1.807, 2.05) is 28.5 Å². The lowest BCUT2D eigenvalue weighted by Gasteiger charge is -2.22. The van der Waals surface area contributed by atoms with Crippen LogP contribution in [0.3, 0.4) is 0 Å². The van der Waals surface area contributed by atoms with Crippen molar-refractivity contribution in [3.05, 3.63) is 81.8 Å². The molecule has 2 aromatic heterocycles. The van der Waals surface area contributed by atoms with Gasteiger partial charge >= 0.3 is 0 Å². The maximum Gasteiger partial charge on any atom is 0.260 e. The lowest BCUT2D eigenvalue weighted by Crippen LogP contribution is -2.36. The monoisotopic (exact) mass is 386 g/mol. The number of thiophene rings is 1. The van der Waals surface area contributed by atoms with E-state index in [9.17, 15) is 4.79 Å². The van der Waals surface area contributed by atoms with Crippen LogP contribution in [0.15, 0.2) is 66.3 Å². The zero-order valence-electron chi connectivity index (χ0n) is 14.2. The lowest BCUT2D eigenvalue weighted by molar-refractivity contribution is -0.134. The number of aromatic nitrogens is 1. The van der Waals surface area contributed by atoms with E-state index in [4.69, 9.17) is 16.3 Å². The van der Waals surface area contributed by atoms with Crippen molar-refractivity contribution in [2.75, 3.05) is 13.2 Å². The van der Waals surface area contributed by atoms with Crippen molar-refractivity contribution < 1.29 is 9.53 Å². The van der Waals surface area contributed by atoms with Gasteiger partial charge in [-0.3, -0.25) is 9.78 Å². The van der Waals surface area contributed by atoms with Gasteiger partial charge in [0.15, 0.2) is 6.61 Å². The summed E-state index contributed by atoms with van der Waals surface area (Å²) in [6, 6.07) is 15.0. The van der Waals surface area contributed by atoms with Gasteiger partial charge in [-0.05, 0) is 53.8 Å². The Morgan fingerprint density at radius 3 is 2.69 bits per heavy atom. The van der Waals surface area contributed by atoms with Gasteiger partial charge in [-0.25, -0.2) is 0 Å². The van der Waals surface area contributed by atoms with Crippen molar-refractivity contribution in [2.45, 2.75) is 13.0 Å². The zero-order chi connectivity index (χ0) is 18.2. The normalized spacial score (nSPS) is 10.5. The van der Waals surface area contributed by atoms with Crippen molar-refractivity contribution in [3.8, 4) is 5.75 Å². The summed E-state index contributed by atoms with van der Waals surface area (Å²) in [5.74, 6) is 0.572. The Balaban J connectivity index is 1.62. The number of carbonyl (C=O) groups is 1. The number of hydrogen-bond acceptors (Lipinski definition) is 4. The SMILES string of the molecule is O=C(COc1ccc(Cl)cc1)N(CCc1cccs1)Cc1cccnc1. The van der Waals surface area contributed by atoms with Crippen LogP contribution in [0.5, 0.6) is 5.75 Å². The van der Waals surface area contributed by atoms with Gasteiger partial charge in [0.1, 0.15) is 5.75 Å². The van der Waals surface area contributed by atoms with E-state index in [0.717, 1.165) is 12.0 Å². The zero-order valence-corrected chi connectivity index (χ0v) is 15.7. The van der Waals surface area contributed by atoms with Gasteiger partial charge in [0.05, 0.1) is 0 Å². The minimum Gasteiger partial charge on any atom is -0.484 e. The highest BCUT2D eigenvalue weighted by Gasteiger charge is 2.15. The van der Waals surface area contributed by atoms with Crippen LogP contribution in [0.4, 0.5) is 0 Å². The fourth-order valence-corrected chi connectivity index (χ4v) is 3.30. The molecule has 1 amide bonds. The number of benzene rings is 1. The van der Waals surface area contributed by atoms with Gasteiger partial charge < -0.3 is 9.64 Å². The second kappa shape index (κ2) is 9.36. The Labute approximate surface area is 162 Å². The Hall–Kier alpha value is -2.37. The molecule has 0 bridgehead atoms. The van der Waals surface area contributed by atoms with Crippen LogP contribution >= 0.6 is 22.9 Å². The van der Waals surface area contributed by atoms with Crippen LogP contribution < -0.4 is 4.74 Å². The second-order valence-electron chi connectivity index (χ2n) is 5.75. The predicted molar refractivity (Wildman–Crippen MR) is 105 cm³/mol. The van der Waals surface area contributed by atoms with Crippen molar-refractivity contribution in [3.63, 3.8) is 0 Å². The van der Waals surface area contributed by atoms with Gasteiger partial charge in [0.25, 0.3) is 5.91 Å². The number of carbonyl (C=O) groups excluding carboxylic acids is 1. The molecule has 0 aliphatic carbocycles. The number of halogens is 1. The average Bonchev–Trinajstić information content (AvgIpc) is 3.19. The molecule has 3 aromatic rings. The highest BCUT2D eigenvalue weighted by atomic mass is 35.5. The fraction of sp³-hybridized carbons (Fsp3) is 0.200. The summed E-state index contributed by atoms with van der Waals surface area (Å²) >= 11 is 7.57. The van der Waals surface area contributed by atoms with Crippen LogP contribution in [0.1, 0.15) is 10.4 Å². The molecule has 4 nitrogen and oxygen atoms in total. The Morgan fingerprint density at radius 2 is 2.00 bits per heavy atom. The van der Waals surface area contributed by atoms with Crippen LogP contribution in [-0.4, -0.2) is 28.9 Å². The van der Waals surface area contributed by atoms with E-state index in [1.54, 1.807) is 48.0 Å². The first-order valence-electron chi connectivity index (χ1n) is 8.28. The molecule has 0 fully saturated rings. The van der Waals surface area contributed by atoms with Gasteiger partial charge in [-0.2, -0.15) is 0 Å².